The zero-order valence-corrected chi connectivity index (χ0v) is 20.0. The molecule has 0 spiro atoms. The molecule has 9 heteroatoms. The monoisotopic (exact) mass is 473 g/mol. The maximum atomic E-state index is 13.6. The van der Waals surface area contributed by atoms with Crippen LogP contribution in [0.25, 0.3) is 6.08 Å². The lowest BCUT2D eigenvalue weighted by Gasteiger charge is -2.23. The third-order valence-corrected chi connectivity index (χ3v) is 6.87. The normalized spacial score (nSPS) is 15.9. The summed E-state index contributed by atoms with van der Waals surface area (Å²) in [6.45, 7) is 5.56. The fourth-order valence-electron chi connectivity index (χ4n) is 4.00. The van der Waals surface area contributed by atoms with Crippen molar-refractivity contribution in [1.82, 2.24) is 14.3 Å². The summed E-state index contributed by atoms with van der Waals surface area (Å²) in [5.74, 6) is 0.875. The highest BCUT2D eigenvalue weighted by Gasteiger charge is 2.34. The van der Waals surface area contributed by atoms with Gasteiger partial charge >= 0.3 is 0 Å². The first kappa shape index (κ1) is 21.8. The molecule has 1 unspecified atom stereocenters. The van der Waals surface area contributed by atoms with Gasteiger partial charge < -0.3 is 9.73 Å². The van der Waals surface area contributed by atoms with Gasteiger partial charge in [-0.15, -0.1) is 0 Å². The van der Waals surface area contributed by atoms with E-state index < -0.39 is 6.04 Å². The first-order valence-electron chi connectivity index (χ1n) is 10.8. The second-order valence-electron chi connectivity index (χ2n) is 8.16. The smallest absolute Gasteiger partial charge is 0.271 e. The van der Waals surface area contributed by atoms with E-state index >= 15 is 0 Å². The summed E-state index contributed by atoms with van der Waals surface area (Å²) >= 11 is 1.29. The Morgan fingerprint density at radius 1 is 1.15 bits per heavy atom. The first-order valence-corrected chi connectivity index (χ1v) is 11.6. The van der Waals surface area contributed by atoms with Crippen LogP contribution < -0.4 is 20.2 Å². The average Bonchev–Trinajstić information content (AvgIpc) is 3.47. The maximum Gasteiger partial charge on any atom is 0.271 e. The molecule has 1 atom stereocenters. The molecule has 0 fully saturated rings. The van der Waals surface area contributed by atoms with Crippen molar-refractivity contribution >= 4 is 29.0 Å². The predicted molar refractivity (Wildman–Crippen MR) is 130 cm³/mol. The summed E-state index contributed by atoms with van der Waals surface area (Å²) in [6, 6.07) is 12.1. The molecule has 4 heterocycles. The van der Waals surface area contributed by atoms with Gasteiger partial charge in [0.2, 0.25) is 0 Å². The molecule has 1 amide bonds. The fourth-order valence-corrected chi connectivity index (χ4v) is 5.04. The lowest BCUT2D eigenvalue weighted by Crippen LogP contribution is -2.40. The molecule has 5 rings (SSSR count). The molecule has 1 aromatic carbocycles. The molecule has 1 N–H and O–H groups in total. The second-order valence-corrected chi connectivity index (χ2v) is 9.17. The SMILES string of the molecule is CC1=C(C(=O)Nc2ccccc2)C(c2ccc(C)o2)n2c(s/c(=C\c3cnn(C)c3C)c2=O)=N1. The van der Waals surface area contributed by atoms with Gasteiger partial charge in [-0.25, -0.2) is 4.99 Å². The third-order valence-electron chi connectivity index (χ3n) is 5.89. The van der Waals surface area contributed by atoms with E-state index in [-0.39, 0.29) is 11.5 Å². The number of para-hydroxylation sites is 1. The molecular weight excluding hydrogens is 450 g/mol. The van der Waals surface area contributed by atoms with Crippen LogP contribution in [0.4, 0.5) is 5.69 Å². The molecular formula is C25H23N5O3S. The Labute approximate surface area is 199 Å². The lowest BCUT2D eigenvalue weighted by molar-refractivity contribution is -0.113. The quantitative estimate of drug-likeness (QED) is 0.493. The topological polar surface area (TPSA) is 94.4 Å². The number of aromatic nitrogens is 3. The molecule has 1 aliphatic rings. The number of fused-ring (bicyclic) bond motifs is 1. The maximum absolute atomic E-state index is 13.6. The molecule has 0 saturated heterocycles. The van der Waals surface area contributed by atoms with Crippen LogP contribution >= 0.6 is 11.3 Å². The van der Waals surface area contributed by atoms with E-state index in [0.29, 0.717) is 37.8 Å². The zero-order chi connectivity index (χ0) is 24.0. The summed E-state index contributed by atoms with van der Waals surface area (Å²) in [6.07, 6.45) is 3.55. The van der Waals surface area contributed by atoms with Crippen molar-refractivity contribution in [3.05, 3.63) is 102 Å². The van der Waals surface area contributed by atoms with Crippen molar-refractivity contribution in [2.24, 2.45) is 12.0 Å². The van der Waals surface area contributed by atoms with E-state index in [1.54, 1.807) is 28.4 Å². The number of carbonyl (C=O) groups excluding carboxylic acids is 1. The number of nitrogens with one attached hydrogen (secondary N) is 1. The largest absolute Gasteiger partial charge is 0.464 e. The van der Waals surface area contributed by atoms with Crippen LogP contribution in [0.15, 0.2) is 74.1 Å². The van der Waals surface area contributed by atoms with Gasteiger partial charge in [-0.05, 0) is 51.1 Å². The number of anilines is 1. The molecule has 0 bridgehead atoms. The van der Waals surface area contributed by atoms with Crippen LogP contribution in [0.2, 0.25) is 0 Å². The number of rotatable bonds is 4. The van der Waals surface area contributed by atoms with Crippen LogP contribution in [0.3, 0.4) is 0 Å². The van der Waals surface area contributed by atoms with Crippen molar-refractivity contribution in [1.29, 1.82) is 0 Å². The van der Waals surface area contributed by atoms with Crippen LogP contribution in [-0.2, 0) is 11.8 Å². The number of thiazole rings is 1. The highest BCUT2D eigenvalue weighted by molar-refractivity contribution is 7.07. The minimum Gasteiger partial charge on any atom is -0.464 e. The Bertz CT molecular complexity index is 1620. The first-order chi connectivity index (χ1) is 16.3. The number of nitrogens with zero attached hydrogens (tertiary/aromatic N) is 4. The number of aryl methyl sites for hydroxylation is 2. The van der Waals surface area contributed by atoms with Crippen molar-refractivity contribution in [2.45, 2.75) is 26.8 Å². The Kier molecular flexibility index (Phi) is 5.41. The molecule has 172 valence electrons. The fraction of sp³-hybridized carbons (Fsp3) is 0.200. The number of benzene rings is 1. The van der Waals surface area contributed by atoms with Crippen LogP contribution in [0, 0.1) is 13.8 Å². The summed E-state index contributed by atoms with van der Waals surface area (Å²) in [5.41, 5.74) is 3.14. The van der Waals surface area contributed by atoms with Crippen LogP contribution in [-0.4, -0.2) is 20.3 Å². The molecule has 4 aromatic rings. The standard InChI is InChI=1S/C25H23N5O3S/c1-14-10-11-19(33-14)22-21(23(31)28-18-8-6-5-7-9-18)15(2)27-25-30(22)24(32)20(34-25)12-17-13-26-29(4)16(17)3/h5-13,22H,1-4H3,(H,28,31)/b20-12-. The van der Waals surface area contributed by atoms with Gasteiger partial charge in [-0.1, -0.05) is 29.5 Å². The number of furan rings is 1. The van der Waals surface area contributed by atoms with Gasteiger partial charge in [-0.3, -0.25) is 18.8 Å². The lowest BCUT2D eigenvalue weighted by atomic mass is 10.00. The van der Waals surface area contributed by atoms with Crippen molar-refractivity contribution in [2.75, 3.05) is 5.32 Å². The predicted octanol–water partition coefficient (Wildman–Crippen LogP) is 2.82. The highest BCUT2D eigenvalue weighted by atomic mass is 32.1. The second kappa shape index (κ2) is 8.42. The molecule has 3 aromatic heterocycles. The van der Waals surface area contributed by atoms with Crippen molar-refractivity contribution in [3.63, 3.8) is 0 Å². The summed E-state index contributed by atoms with van der Waals surface area (Å²) in [5, 5.41) is 7.18. The van der Waals surface area contributed by atoms with Crippen LogP contribution in [0.1, 0.15) is 35.7 Å². The van der Waals surface area contributed by atoms with Gasteiger partial charge in [0, 0.05) is 24.0 Å². The van der Waals surface area contributed by atoms with E-state index in [1.807, 2.05) is 63.4 Å². The Morgan fingerprint density at radius 2 is 1.91 bits per heavy atom. The Balaban J connectivity index is 1.68. The molecule has 8 nitrogen and oxygen atoms in total. The number of carbonyl (C=O) groups is 1. The number of allylic oxidation sites excluding steroid dienone is 1. The molecule has 1 aliphatic heterocycles. The minimum atomic E-state index is -0.731. The summed E-state index contributed by atoms with van der Waals surface area (Å²) in [7, 11) is 1.86. The van der Waals surface area contributed by atoms with E-state index in [4.69, 9.17) is 4.42 Å². The molecule has 0 saturated carbocycles. The zero-order valence-electron chi connectivity index (χ0n) is 19.2. The number of amides is 1. The third kappa shape index (κ3) is 3.73. The van der Waals surface area contributed by atoms with E-state index in [9.17, 15) is 9.59 Å². The average molecular weight is 474 g/mol. The van der Waals surface area contributed by atoms with Crippen molar-refractivity contribution in [3.8, 4) is 0 Å². The number of hydrogen-bond donors (Lipinski definition) is 1. The van der Waals surface area contributed by atoms with Gasteiger partial charge in [0.15, 0.2) is 4.80 Å². The van der Waals surface area contributed by atoms with E-state index in [1.165, 1.54) is 11.3 Å². The highest BCUT2D eigenvalue weighted by Crippen LogP contribution is 2.31. The Hall–Kier alpha value is -3.98. The van der Waals surface area contributed by atoms with Crippen molar-refractivity contribution < 1.29 is 9.21 Å². The molecule has 0 aliphatic carbocycles. The van der Waals surface area contributed by atoms with E-state index in [2.05, 4.69) is 15.4 Å². The van der Waals surface area contributed by atoms with E-state index in [0.717, 1.165) is 11.3 Å². The van der Waals surface area contributed by atoms with Gasteiger partial charge in [0.1, 0.15) is 17.6 Å². The Morgan fingerprint density at radius 3 is 2.56 bits per heavy atom. The van der Waals surface area contributed by atoms with Gasteiger partial charge in [0.25, 0.3) is 11.5 Å². The minimum absolute atomic E-state index is 0.233. The summed E-state index contributed by atoms with van der Waals surface area (Å²) < 4.78 is 9.75. The molecule has 0 radical (unpaired) electrons. The number of hydrogen-bond acceptors (Lipinski definition) is 6. The summed E-state index contributed by atoms with van der Waals surface area (Å²) in [4.78, 5) is 32.2. The van der Waals surface area contributed by atoms with Gasteiger partial charge in [-0.2, -0.15) is 5.10 Å². The molecule has 34 heavy (non-hydrogen) atoms. The van der Waals surface area contributed by atoms with Gasteiger partial charge in [0.05, 0.1) is 22.0 Å². The van der Waals surface area contributed by atoms with Crippen LogP contribution in [0.5, 0.6) is 0 Å².